The first-order chi connectivity index (χ1) is 10.2. The van der Waals surface area contributed by atoms with E-state index in [1.807, 2.05) is 18.2 Å². The number of carbonyl (C=O) groups is 1. The molecule has 0 aliphatic rings. The van der Waals surface area contributed by atoms with Crippen molar-refractivity contribution in [3.63, 3.8) is 0 Å². The SMILES string of the molecule is C=C(C(=O)Nc1ccccc1)c1c[nH]c2cccc(F)c12. The van der Waals surface area contributed by atoms with Gasteiger partial charge in [-0.1, -0.05) is 30.8 Å². The monoisotopic (exact) mass is 280 g/mol. The third kappa shape index (κ3) is 2.43. The van der Waals surface area contributed by atoms with Crippen molar-refractivity contribution in [2.45, 2.75) is 0 Å². The Balaban J connectivity index is 1.92. The Hall–Kier alpha value is -2.88. The summed E-state index contributed by atoms with van der Waals surface area (Å²) in [4.78, 5) is 15.2. The first kappa shape index (κ1) is 13.1. The smallest absolute Gasteiger partial charge is 0.255 e. The van der Waals surface area contributed by atoms with E-state index in [0.717, 1.165) is 0 Å². The van der Waals surface area contributed by atoms with E-state index in [0.29, 0.717) is 22.2 Å². The highest BCUT2D eigenvalue weighted by atomic mass is 19.1. The molecule has 3 nitrogen and oxygen atoms in total. The van der Waals surface area contributed by atoms with Crippen LogP contribution in [-0.4, -0.2) is 10.9 Å². The summed E-state index contributed by atoms with van der Waals surface area (Å²) in [6.45, 7) is 3.79. The van der Waals surface area contributed by atoms with Crippen molar-refractivity contribution in [3.05, 3.63) is 72.7 Å². The summed E-state index contributed by atoms with van der Waals surface area (Å²) in [6.07, 6.45) is 1.60. The molecule has 0 spiro atoms. The predicted molar refractivity (Wildman–Crippen MR) is 82.4 cm³/mol. The number of fused-ring (bicyclic) bond motifs is 1. The molecule has 0 fully saturated rings. The highest BCUT2D eigenvalue weighted by molar-refractivity contribution is 6.27. The number of para-hydroxylation sites is 1. The van der Waals surface area contributed by atoms with E-state index in [1.54, 1.807) is 30.5 Å². The zero-order valence-electron chi connectivity index (χ0n) is 11.2. The quantitative estimate of drug-likeness (QED) is 0.701. The molecule has 1 heterocycles. The molecule has 2 N–H and O–H groups in total. The van der Waals surface area contributed by atoms with Gasteiger partial charge in [0, 0.05) is 33.9 Å². The lowest BCUT2D eigenvalue weighted by Gasteiger charge is -2.07. The molecular formula is C17H13FN2O. The van der Waals surface area contributed by atoms with Gasteiger partial charge in [0.15, 0.2) is 0 Å². The first-order valence-corrected chi connectivity index (χ1v) is 6.48. The predicted octanol–water partition coefficient (Wildman–Crippen LogP) is 3.96. The number of H-pyrrole nitrogens is 1. The van der Waals surface area contributed by atoms with Crippen LogP contribution in [0.4, 0.5) is 10.1 Å². The number of aromatic amines is 1. The molecule has 3 aromatic rings. The minimum Gasteiger partial charge on any atom is -0.360 e. The summed E-state index contributed by atoms with van der Waals surface area (Å²) in [5.41, 5.74) is 1.99. The van der Waals surface area contributed by atoms with Crippen LogP contribution in [0.25, 0.3) is 16.5 Å². The topological polar surface area (TPSA) is 44.9 Å². The molecule has 1 aromatic heterocycles. The largest absolute Gasteiger partial charge is 0.360 e. The van der Waals surface area contributed by atoms with Crippen molar-refractivity contribution in [1.82, 2.24) is 4.98 Å². The molecule has 0 radical (unpaired) electrons. The van der Waals surface area contributed by atoms with E-state index in [1.165, 1.54) is 6.07 Å². The van der Waals surface area contributed by atoms with Crippen LogP contribution in [0.3, 0.4) is 0 Å². The number of hydrogen-bond donors (Lipinski definition) is 2. The molecule has 0 saturated heterocycles. The molecule has 2 aromatic carbocycles. The third-order valence-corrected chi connectivity index (χ3v) is 3.29. The second kappa shape index (κ2) is 5.25. The maximum Gasteiger partial charge on any atom is 0.255 e. The molecule has 0 bridgehead atoms. The van der Waals surface area contributed by atoms with Crippen LogP contribution in [0.5, 0.6) is 0 Å². The highest BCUT2D eigenvalue weighted by Crippen LogP contribution is 2.27. The van der Waals surface area contributed by atoms with Crippen molar-refractivity contribution in [2.75, 3.05) is 5.32 Å². The molecule has 0 saturated carbocycles. The molecule has 104 valence electrons. The average Bonchev–Trinajstić information content (AvgIpc) is 2.93. The lowest BCUT2D eigenvalue weighted by atomic mass is 10.1. The second-order valence-electron chi connectivity index (χ2n) is 4.66. The lowest BCUT2D eigenvalue weighted by Crippen LogP contribution is -2.12. The number of anilines is 1. The number of halogens is 1. The van der Waals surface area contributed by atoms with E-state index >= 15 is 0 Å². The molecule has 3 rings (SSSR count). The van der Waals surface area contributed by atoms with Crippen LogP contribution in [0, 0.1) is 5.82 Å². The van der Waals surface area contributed by atoms with Crippen molar-refractivity contribution in [2.24, 2.45) is 0 Å². The Morgan fingerprint density at radius 2 is 1.86 bits per heavy atom. The van der Waals surface area contributed by atoms with E-state index in [9.17, 15) is 9.18 Å². The van der Waals surface area contributed by atoms with Crippen LogP contribution in [0.15, 0.2) is 61.3 Å². The van der Waals surface area contributed by atoms with E-state index in [4.69, 9.17) is 0 Å². The Morgan fingerprint density at radius 3 is 2.62 bits per heavy atom. The van der Waals surface area contributed by atoms with Gasteiger partial charge < -0.3 is 10.3 Å². The van der Waals surface area contributed by atoms with E-state index < -0.39 is 0 Å². The fraction of sp³-hybridized carbons (Fsp3) is 0. The Kier molecular flexibility index (Phi) is 3.28. The van der Waals surface area contributed by atoms with Gasteiger partial charge in [-0.3, -0.25) is 4.79 Å². The van der Waals surface area contributed by atoms with Crippen molar-refractivity contribution < 1.29 is 9.18 Å². The normalized spacial score (nSPS) is 10.5. The summed E-state index contributed by atoms with van der Waals surface area (Å²) in [5, 5.41) is 3.12. The minimum atomic E-state index is -0.377. The number of aromatic nitrogens is 1. The summed E-state index contributed by atoms with van der Waals surface area (Å²) in [6, 6.07) is 13.8. The van der Waals surface area contributed by atoms with Gasteiger partial charge >= 0.3 is 0 Å². The fourth-order valence-electron chi connectivity index (χ4n) is 2.23. The maximum absolute atomic E-state index is 13.9. The summed E-state index contributed by atoms with van der Waals surface area (Å²) in [5.74, 6) is -0.734. The van der Waals surface area contributed by atoms with Crippen molar-refractivity contribution in [1.29, 1.82) is 0 Å². The number of carbonyl (C=O) groups excluding carboxylic acids is 1. The van der Waals surface area contributed by atoms with Gasteiger partial charge in [0.2, 0.25) is 0 Å². The molecule has 0 aliphatic carbocycles. The van der Waals surface area contributed by atoms with Gasteiger partial charge in [-0.2, -0.15) is 0 Å². The number of rotatable bonds is 3. The molecule has 0 unspecified atom stereocenters. The number of hydrogen-bond acceptors (Lipinski definition) is 1. The maximum atomic E-state index is 13.9. The molecule has 0 aliphatic heterocycles. The zero-order valence-corrected chi connectivity index (χ0v) is 11.2. The van der Waals surface area contributed by atoms with Crippen LogP contribution >= 0.6 is 0 Å². The van der Waals surface area contributed by atoms with Gasteiger partial charge in [0.25, 0.3) is 5.91 Å². The standard InChI is InChI=1S/C17H13FN2O/c1-11(17(21)20-12-6-3-2-4-7-12)13-10-19-15-9-5-8-14(18)16(13)15/h2-10,19H,1H2,(H,20,21). The fourth-order valence-corrected chi connectivity index (χ4v) is 2.23. The van der Waals surface area contributed by atoms with Gasteiger partial charge in [-0.15, -0.1) is 0 Å². The van der Waals surface area contributed by atoms with Crippen LogP contribution in [-0.2, 0) is 4.79 Å². The van der Waals surface area contributed by atoms with E-state index in [2.05, 4.69) is 16.9 Å². The first-order valence-electron chi connectivity index (χ1n) is 6.48. The van der Waals surface area contributed by atoms with Gasteiger partial charge in [0.1, 0.15) is 5.82 Å². The zero-order chi connectivity index (χ0) is 14.8. The van der Waals surface area contributed by atoms with Crippen LogP contribution in [0.1, 0.15) is 5.56 Å². The lowest BCUT2D eigenvalue weighted by molar-refractivity contribution is -0.111. The third-order valence-electron chi connectivity index (χ3n) is 3.29. The van der Waals surface area contributed by atoms with Gasteiger partial charge in [-0.25, -0.2) is 4.39 Å². The average molecular weight is 280 g/mol. The highest BCUT2D eigenvalue weighted by Gasteiger charge is 2.16. The van der Waals surface area contributed by atoms with Gasteiger partial charge in [-0.05, 0) is 24.3 Å². The number of nitrogens with one attached hydrogen (secondary N) is 2. The van der Waals surface area contributed by atoms with Crippen molar-refractivity contribution >= 4 is 28.1 Å². The molecule has 4 heteroatoms. The minimum absolute atomic E-state index is 0.218. The van der Waals surface area contributed by atoms with Gasteiger partial charge in [0.05, 0.1) is 0 Å². The molecule has 1 amide bonds. The summed E-state index contributed by atoms with van der Waals surface area (Å²) < 4.78 is 13.9. The summed E-state index contributed by atoms with van der Waals surface area (Å²) >= 11 is 0. The Morgan fingerprint density at radius 1 is 1.10 bits per heavy atom. The number of benzene rings is 2. The Labute approximate surface area is 121 Å². The van der Waals surface area contributed by atoms with Crippen LogP contribution in [0.2, 0.25) is 0 Å². The van der Waals surface area contributed by atoms with E-state index in [-0.39, 0.29) is 17.3 Å². The number of amides is 1. The van der Waals surface area contributed by atoms with Crippen molar-refractivity contribution in [3.8, 4) is 0 Å². The molecular weight excluding hydrogens is 267 g/mol. The van der Waals surface area contributed by atoms with Crippen LogP contribution < -0.4 is 5.32 Å². The second-order valence-corrected chi connectivity index (χ2v) is 4.66. The molecule has 0 atom stereocenters. The Bertz CT molecular complexity index is 821. The summed E-state index contributed by atoms with van der Waals surface area (Å²) in [7, 11) is 0. The molecule has 21 heavy (non-hydrogen) atoms.